The first-order chi connectivity index (χ1) is 9.45. The van der Waals surface area contributed by atoms with Crippen LogP contribution in [0.5, 0.6) is 0 Å². The lowest BCUT2D eigenvalue weighted by molar-refractivity contribution is -0.116. The Morgan fingerprint density at radius 1 is 1.43 bits per heavy atom. The van der Waals surface area contributed by atoms with Crippen LogP contribution in [-0.2, 0) is 10.2 Å². The Bertz CT molecular complexity index is 450. The molecule has 1 aromatic heterocycles. The first-order valence-corrected chi connectivity index (χ1v) is 8.23. The molecule has 1 fully saturated rings. The molecule has 0 aliphatic carbocycles. The standard InChI is InChI=1S/C15H25N3OS.ClH/c1-15(2,3)12-10-17-14(20-12)18-13(19)5-4-11-6-8-16-9-7-11;/h10-11,16H,4-9H2,1-3H3,(H,17,18,19);1H. The second kappa shape index (κ2) is 8.11. The van der Waals surface area contributed by atoms with E-state index in [0.29, 0.717) is 12.3 Å². The van der Waals surface area contributed by atoms with Crippen LogP contribution < -0.4 is 10.6 Å². The molecule has 1 aliphatic rings. The van der Waals surface area contributed by atoms with Gasteiger partial charge in [-0.3, -0.25) is 4.79 Å². The number of carbonyl (C=O) groups excluding carboxylic acids is 1. The average molecular weight is 332 g/mol. The van der Waals surface area contributed by atoms with Crippen LogP contribution in [0.1, 0.15) is 51.3 Å². The molecular formula is C15H26ClN3OS. The minimum absolute atomic E-state index is 0. The van der Waals surface area contributed by atoms with Crippen LogP contribution in [0.15, 0.2) is 6.20 Å². The molecule has 120 valence electrons. The Balaban J connectivity index is 0.00000220. The Morgan fingerprint density at radius 3 is 2.67 bits per heavy atom. The van der Waals surface area contributed by atoms with Crippen LogP contribution in [0.3, 0.4) is 0 Å². The van der Waals surface area contributed by atoms with Crippen LogP contribution in [0.25, 0.3) is 0 Å². The summed E-state index contributed by atoms with van der Waals surface area (Å²) in [5, 5.41) is 7.00. The van der Waals surface area contributed by atoms with Gasteiger partial charge in [-0.15, -0.1) is 23.7 Å². The van der Waals surface area contributed by atoms with Crippen molar-refractivity contribution in [2.45, 2.75) is 51.9 Å². The third-order valence-corrected chi connectivity index (χ3v) is 5.07. The van der Waals surface area contributed by atoms with E-state index in [1.54, 1.807) is 11.3 Å². The van der Waals surface area contributed by atoms with Gasteiger partial charge in [-0.2, -0.15) is 0 Å². The highest BCUT2D eigenvalue weighted by Crippen LogP contribution is 2.30. The lowest BCUT2D eigenvalue weighted by atomic mass is 9.93. The predicted octanol–water partition coefficient (Wildman–Crippen LogP) is 3.58. The van der Waals surface area contributed by atoms with Gasteiger partial charge in [0.25, 0.3) is 0 Å². The number of hydrogen-bond donors (Lipinski definition) is 2. The number of aromatic nitrogens is 1. The first kappa shape index (κ1) is 18.4. The summed E-state index contributed by atoms with van der Waals surface area (Å²) in [6.07, 6.45) is 5.85. The van der Waals surface area contributed by atoms with Crippen molar-refractivity contribution >= 4 is 34.8 Å². The van der Waals surface area contributed by atoms with Crippen LogP contribution >= 0.6 is 23.7 Å². The van der Waals surface area contributed by atoms with Gasteiger partial charge in [0, 0.05) is 17.5 Å². The summed E-state index contributed by atoms with van der Waals surface area (Å²) in [5.41, 5.74) is 0.0930. The van der Waals surface area contributed by atoms with Gasteiger partial charge < -0.3 is 10.6 Å². The summed E-state index contributed by atoms with van der Waals surface area (Å²) in [4.78, 5) is 17.4. The summed E-state index contributed by atoms with van der Waals surface area (Å²) in [6, 6.07) is 0. The molecule has 4 nitrogen and oxygen atoms in total. The SMILES string of the molecule is CC(C)(C)c1cnc(NC(=O)CCC2CCNCC2)s1.Cl. The lowest BCUT2D eigenvalue weighted by Crippen LogP contribution is -2.28. The van der Waals surface area contributed by atoms with Crippen LogP contribution in [0, 0.1) is 5.92 Å². The van der Waals surface area contributed by atoms with Crippen molar-refractivity contribution in [3.8, 4) is 0 Å². The van der Waals surface area contributed by atoms with Crippen molar-refractivity contribution in [3.63, 3.8) is 0 Å². The fourth-order valence-corrected chi connectivity index (χ4v) is 3.26. The number of piperidine rings is 1. The first-order valence-electron chi connectivity index (χ1n) is 7.42. The average Bonchev–Trinajstić information content (AvgIpc) is 2.86. The molecule has 1 aliphatic heterocycles. The number of anilines is 1. The van der Waals surface area contributed by atoms with E-state index in [4.69, 9.17) is 0 Å². The molecule has 1 saturated heterocycles. The van der Waals surface area contributed by atoms with Crippen molar-refractivity contribution < 1.29 is 4.79 Å². The van der Waals surface area contributed by atoms with E-state index in [1.165, 1.54) is 17.7 Å². The van der Waals surface area contributed by atoms with Gasteiger partial charge in [0.05, 0.1) is 0 Å². The van der Waals surface area contributed by atoms with Gasteiger partial charge in [-0.25, -0.2) is 4.98 Å². The van der Waals surface area contributed by atoms with Gasteiger partial charge in [-0.05, 0) is 43.7 Å². The summed E-state index contributed by atoms with van der Waals surface area (Å²) >= 11 is 1.58. The summed E-state index contributed by atoms with van der Waals surface area (Å²) in [7, 11) is 0. The molecule has 2 N–H and O–H groups in total. The normalized spacial score (nSPS) is 16.3. The molecule has 0 aromatic carbocycles. The molecule has 21 heavy (non-hydrogen) atoms. The zero-order valence-corrected chi connectivity index (χ0v) is 14.7. The maximum atomic E-state index is 12.0. The van der Waals surface area contributed by atoms with E-state index >= 15 is 0 Å². The van der Waals surface area contributed by atoms with Crippen LogP contribution in [-0.4, -0.2) is 24.0 Å². The highest BCUT2D eigenvalue weighted by Gasteiger charge is 2.18. The van der Waals surface area contributed by atoms with Crippen molar-refractivity contribution in [2.75, 3.05) is 18.4 Å². The van der Waals surface area contributed by atoms with E-state index in [9.17, 15) is 4.79 Å². The van der Waals surface area contributed by atoms with E-state index < -0.39 is 0 Å². The molecular weight excluding hydrogens is 306 g/mol. The molecule has 0 spiro atoms. The monoisotopic (exact) mass is 331 g/mol. The van der Waals surface area contributed by atoms with Crippen molar-refractivity contribution in [3.05, 3.63) is 11.1 Å². The van der Waals surface area contributed by atoms with Crippen LogP contribution in [0.4, 0.5) is 5.13 Å². The highest BCUT2D eigenvalue weighted by molar-refractivity contribution is 7.15. The number of hydrogen-bond acceptors (Lipinski definition) is 4. The highest BCUT2D eigenvalue weighted by atomic mass is 35.5. The number of nitrogens with one attached hydrogen (secondary N) is 2. The summed E-state index contributed by atoms with van der Waals surface area (Å²) in [6.45, 7) is 8.65. The van der Waals surface area contributed by atoms with Crippen LogP contribution in [0.2, 0.25) is 0 Å². The molecule has 0 radical (unpaired) electrons. The van der Waals surface area contributed by atoms with E-state index in [1.807, 2.05) is 6.20 Å². The van der Waals surface area contributed by atoms with E-state index in [-0.39, 0.29) is 23.7 Å². The van der Waals surface area contributed by atoms with Gasteiger partial charge >= 0.3 is 0 Å². The number of halogens is 1. The summed E-state index contributed by atoms with van der Waals surface area (Å²) in [5.74, 6) is 0.793. The van der Waals surface area contributed by atoms with Crippen molar-refractivity contribution in [1.82, 2.24) is 10.3 Å². The zero-order chi connectivity index (χ0) is 14.6. The molecule has 2 heterocycles. The topological polar surface area (TPSA) is 54.0 Å². The molecule has 1 aromatic rings. The zero-order valence-electron chi connectivity index (χ0n) is 13.1. The van der Waals surface area contributed by atoms with E-state index in [0.717, 1.165) is 24.6 Å². The maximum absolute atomic E-state index is 12.0. The van der Waals surface area contributed by atoms with Crippen molar-refractivity contribution in [1.29, 1.82) is 0 Å². The number of amides is 1. The largest absolute Gasteiger partial charge is 0.317 e. The third-order valence-electron chi connectivity index (χ3n) is 3.73. The quantitative estimate of drug-likeness (QED) is 0.886. The van der Waals surface area contributed by atoms with Gasteiger partial charge in [0.1, 0.15) is 0 Å². The second-order valence-corrected chi connectivity index (χ2v) is 7.59. The van der Waals surface area contributed by atoms with Gasteiger partial charge in [0.15, 0.2) is 5.13 Å². The molecule has 1 amide bonds. The maximum Gasteiger partial charge on any atom is 0.226 e. The van der Waals surface area contributed by atoms with E-state index in [2.05, 4.69) is 36.4 Å². The Morgan fingerprint density at radius 2 is 2.10 bits per heavy atom. The lowest BCUT2D eigenvalue weighted by Gasteiger charge is -2.21. The third kappa shape index (κ3) is 5.93. The molecule has 6 heteroatoms. The number of thiazole rings is 1. The van der Waals surface area contributed by atoms with Gasteiger partial charge in [-0.1, -0.05) is 20.8 Å². The number of nitrogens with zero attached hydrogens (tertiary/aromatic N) is 1. The molecule has 0 saturated carbocycles. The Kier molecular flexibility index (Phi) is 7.10. The Hall–Kier alpha value is -0.650. The van der Waals surface area contributed by atoms with Crippen molar-refractivity contribution in [2.24, 2.45) is 5.92 Å². The Labute approximate surface area is 137 Å². The molecule has 2 rings (SSSR count). The minimum atomic E-state index is 0. The molecule has 0 bridgehead atoms. The fourth-order valence-electron chi connectivity index (χ4n) is 2.37. The summed E-state index contributed by atoms with van der Waals surface area (Å²) < 4.78 is 0. The van der Waals surface area contributed by atoms with Gasteiger partial charge in [0.2, 0.25) is 5.91 Å². The fraction of sp³-hybridized carbons (Fsp3) is 0.733. The number of carbonyl (C=O) groups is 1. The smallest absolute Gasteiger partial charge is 0.226 e. The molecule has 0 atom stereocenters. The number of rotatable bonds is 4. The second-order valence-electron chi connectivity index (χ2n) is 6.56. The predicted molar refractivity (Wildman–Crippen MR) is 91.5 cm³/mol. The molecule has 0 unspecified atom stereocenters. The minimum Gasteiger partial charge on any atom is -0.317 e.